The monoisotopic (exact) mass is 294 g/mol. The standard InChI is InChI=1S/C18H18N2O2/c1-2-13-6-5-10-20(12-13)11-9-15-14-7-3-4-8-16(14)19-17(15)18(21)22/h3-8,10,12,19H,2,9,11H2,1H3. The van der Waals surface area contributed by atoms with Crippen LogP contribution < -0.4 is 9.67 Å². The van der Waals surface area contributed by atoms with Gasteiger partial charge in [-0.1, -0.05) is 25.1 Å². The van der Waals surface area contributed by atoms with Gasteiger partial charge in [0.05, 0.1) is 11.7 Å². The van der Waals surface area contributed by atoms with Gasteiger partial charge in [0, 0.05) is 29.0 Å². The van der Waals surface area contributed by atoms with Gasteiger partial charge in [0.2, 0.25) is 0 Å². The van der Waals surface area contributed by atoms with Crippen molar-refractivity contribution in [2.45, 2.75) is 26.3 Å². The van der Waals surface area contributed by atoms with Crippen molar-refractivity contribution in [2.75, 3.05) is 0 Å². The SMILES string of the molecule is CCc1ccc[n+](CCc2c(C(=O)[O-])[nH]c3ccccc23)c1. The number of carbonyl (C=O) groups is 1. The molecule has 0 aliphatic rings. The van der Waals surface area contributed by atoms with Crippen LogP contribution in [0.1, 0.15) is 28.5 Å². The van der Waals surface area contributed by atoms with E-state index in [0.29, 0.717) is 6.42 Å². The van der Waals surface area contributed by atoms with Crippen molar-refractivity contribution in [3.63, 3.8) is 0 Å². The second-order valence-corrected chi connectivity index (χ2v) is 5.37. The maximum absolute atomic E-state index is 11.4. The van der Waals surface area contributed by atoms with E-state index in [-0.39, 0.29) is 5.69 Å². The van der Waals surface area contributed by atoms with Gasteiger partial charge < -0.3 is 14.9 Å². The fourth-order valence-electron chi connectivity index (χ4n) is 2.80. The van der Waals surface area contributed by atoms with Crippen LogP contribution >= 0.6 is 0 Å². The molecular weight excluding hydrogens is 276 g/mol. The summed E-state index contributed by atoms with van der Waals surface area (Å²) in [6, 6.07) is 11.8. The predicted octanol–water partition coefficient (Wildman–Crippen LogP) is 1.62. The van der Waals surface area contributed by atoms with Crippen molar-refractivity contribution in [3.05, 3.63) is 65.6 Å². The third-order valence-corrected chi connectivity index (χ3v) is 3.97. The van der Waals surface area contributed by atoms with Crippen LogP contribution in [0, 0.1) is 0 Å². The number of hydrogen-bond donors (Lipinski definition) is 1. The summed E-state index contributed by atoms with van der Waals surface area (Å²) in [4.78, 5) is 14.3. The number of carbonyl (C=O) groups excluding carboxylic acids is 1. The molecule has 22 heavy (non-hydrogen) atoms. The van der Waals surface area contributed by atoms with Crippen LogP contribution in [0.25, 0.3) is 10.9 Å². The van der Waals surface area contributed by atoms with Gasteiger partial charge in [0.15, 0.2) is 18.9 Å². The van der Waals surface area contributed by atoms with Crippen LogP contribution in [-0.2, 0) is 19.4 Å². The number of carboxylic acid groups (broad SMARTS) is 1. The first kappa shape index (κ1) is 14.3. The van der Waals surface area contributed by atoms with Gasteiger partial charge >= 0.3 is 0 Å². The highest BCUT2D eigenvalue weighted by Gasteiger charge is 2.13. The van der Waals surface area contributed by atoms with Gasteiger partial charge in [-0.15, -0.1) is 0 Å². The first-order valence-corrected chi connectivity index (χ1v) is 7.48. The number of aromatic nitrogens is 2. The molecule has 112 valence electrons. The van der Waals surface area contributed by atoms with Crippen LogP contribution in [0.2, 0.25) is 0 Å². The molecule has 0 fully saturated rings. The number of hydrogen-bond acceptors (Lipinski definition) is 2. The molecule has 0 spiro atoms. The molecule has 0 bridgehead atoms. The number of aromatic amines is 1. The second kappa shape index (κ2) is 6.02. The Morgan fingerprint density at radius 1 is 1.23 bits per heavy atom. The summed E-state index contributed by atoms with van der Waals surface area (Å²) in [6.45, 7) is 2.85. The number of benzene rings is 1. The van der Waals surface area contributed by atoms with Crippen molar-refractivity contribution in [1.29, 1.82) is 0 Å². The van der Waals surface area contributed by atoms with Gasteiger partial charge in [-0.3, -0.25) is 0 Å². The molecular formula is C18H18N2O2. The zero-order valence-electron chi connectivity index (χ0n) is 12.5. The number of aryl methyl sites for hydroxylation is 3. The molecule has 0 aliphatic heterocycles. The Morgan fingerprint density at radius 2 is 2.05 bits per heavy atom. The first-order chi connectivity index (χ1) is 10.7. The lowest BCUT2D eigenvalue weighted by molar-refractivity contribution is -0.696. The van der Waals surface area contributed by atoms with Crippen molar-refractivity contribution < 1.29 is 14.5 Å². The molecule has 0 saturated heterocycles. The summed E-state index contributed by atoms with van der Waals surface area (Å²) in [6.07, 6.45) is 5.74. The Balaban J connectivity index is 1.92. The smallest absolute Gasteiger partial charge is 0.171 e. The van der Waals surface area contributed by atoms with Gasteiger partial charge in [-0.05, 0) is 24.1 Å². The normalized spacial score (nSPS) is 11.0. The molecule has 4 nitrogen and oxygen atoms in total. The summed E-state index contributed by atoms with van der Waals surface area (Å²) in [7, 11) is 0. The fourth-order valence-corrected chi connectivity index (χ4v) is 2.80. The molecule has 0 atom stereocenters. The zero-order chi connectivity index (χ0) is 15.5. The maximum Gasteiger partial charge on any atom is 0.171 e. The third kappa shape index (κ3) is 2.72. The summed E-state index contributed by atoms with van der Waals surface area (Å²) in [5.41, 5.74) is 3.10. The Hall–Kier alpha value is -2.62. The molecule has 1 N–H and O–H groups in total. The Morgan fingerprint density at radius 3 is 2.82 bits per heavy atom. The van der Waals surface area contributed by atoms with Crippen LogP contribution in [0.5, 0.6) is 0 Å². The van der Waals surface area contributed by atoms with Crippen LogP contribution in [0.15, 0.2) is 48.8 Å². The van der Waals surface area contributed by atoms with Crippen LogP contribution in [0.4, 0.5) is 0 Å². The molecule has 0 unspecified atom stereocenters. The minimum Gasteiger partial charge on any atom is -0.543 e. The highest BCUT2D eigenvalue weighted by atomic mass is 16.4. The highest BCUT2D eigenvalue weighted by Crippen LogP contribution is 2.22. The van der Waals surface area contributed by atoms with E-state index < -0.39 is 5.97 Å². The van der Waals surface area contributed by atoms with E-state index >= 15 is 0 Å². The molecule has 4 heteroatoms. The average molecular weight is 294 g/mol. The predicted molar refractivity (Wildman–Crippen MR) is 82.3 cm³/mol. The molecule has 0 aliphatic carbocycles. The highest BCUT2D eigenvalue weighted by molar-refractivity contribution is 5.96. The maximum atomic E-state index is 11.4. The van der Waals surface area contributed by atoms with Crippen LogP contribution in [-0.4, -0.2) is 11.0 Å². The summed E-state index contributed by atoms with van der Waals surface area (Å²) >= 11 is 0. The number of nitrogens with zero attached hydrogens (tertiary/aromatic N) is 1. The molecule has 0 saturated carbocycles. The van der Waals surface area contributed by atoms with E-state index in [1.165, 1.54) is 5.56 Å². The fraction of sp³-hybridized carbons (Fsp3) is 0.222. The van der Waals surface area contributed by atoms with Crippen molar-refractivity contribution in [2.24, 2.45) is 0 Å². The van der Waals surface area contributed by atoms with Crippen molar-refractivity contribution in [3.8, 4) is 0 Å². The number of rotatable bonds is 5. The molecule has 2 aromatic heterocycles. The van der Waals surface area contributed by atoms with Gasteiger partial charge in [-0.2, -0.15) is 0 Å². The van der Waals surface area contributed by atoms with Gasteiger partial charge in [-0.25, -0.2) is 4.57 Å². The number of aromatic carboxylic acids is 1. The molecule has 0 amide bonds. The quantitative estimate of drug-likeness (QED) is 0.727. The summed E-state index contributed by atoms with van der Waals surface area (Å²) < 4.78 is 2.10. The van der Waals surface area contributed by atoms with E-state index in [1.54, 1.807) is 0 Å². The minimum atomic E-state index is -1.15. The first-order valence-electron chi connectivity index (χ1n) is 7.48. The van der Waals surface area contributed by atoms with Crippen molar-refractivity contribution in [1.82, 2.24) is 4.98 Å². The number of para-hydroxylation sites is 1. The Labute approximate surface area is 129 Å². The number of H-pyrrole nitrogens is 1. The summed E-state index contributed by atoms with van der Waals surface area (Å²) in [5.74, 6) is -1.15. The van der Waals surface area contributed by atoms with Crippen molar-refractivity contribution >= 4 is 16.9 Å². The average Bonchev–Trinajstić information content (AvgIpc) is 2.92. The minimum absolute atomic E-state index is 0.188. The third-order valence-electron chi connectivity index (χ3n) is 3.97. The molecule has 1 aromatic carbocycles. The molecule has 3 aromatic rings. The van der Waals surface area contributed by atoms with E-state index in [9.17, 15) is 9.90 Å². The zero-order valence-corrected chi connectivity index (χ0v) is 12.5. The van der Waals surface area contributed by atoms with Gasteiger partial charge in [0.1, 0.15) is 0 Å². The lowest BCUT2D eigenvalue weighted by Gasteiger charge is -2.04. The lowest BCUT2D eigenvalue weighted by atomic mass is 10.1. The van der Waals surface area contributed by atoms with Crippen LogP contribution in [0.3, 0.4) is 0 Å². The topological polar surface area (TPSA) is 59.8 Å². The van der Waals surface area contributed by atoms with E-state index in [1.807, 2.05) is 36.5 Å². The summed E-state index contributed by atoms with van der Waals surface area (Å²) in [5, 5.41) is 12.3. The van der Waals surface area contributed by atoms with E-state index in [4.69, 9.17) is 0 Å². The number of pyridine rings is 1. The number of nitrogens with one attached hydrogen (secondary N) is 1. The Bertz CT molecular complexity index is 821. The van der Waals surface area contributed by atoms with E-state index in [0.717, 1.165) is 29.4 Å². The number of fused-ring (bicyclic) bond motifs is 1. The molecule has 3 rings (SSSR count). The number of carboxylic acids is 1. The Kier molecular flexibility index (Phi) is 3.92. The molecule has 2 heterocycles. The van der Waals surface area contributed by atoms with E-state index in [2.05, 4.69) is 28.7 Å². The second-order valence-electron chi connectivity index (χ2n) is 5.37. The molecule has 0 radical (unpaired) electrons. The largest absolute Gasteiger partial charge is 0.543 e. The lowest BCUT2D eigenvalue weighted by Crippen LogP contribution is -2.35. The van der Waals surface area contributed by atoms with Gasteiger partial charge in [0.25, 0.3) is 0 Å².